The largest absolute Gasteiger partial charge is 0.514 e. The summed E-state index contributed by atoms with van der Waals surface area (Å²) < 4.78 is 38.5. The Hall–Kier alpha value is -5.63. The number of nitro benzene ring substituents is 1. The van der Waals surface area contributed by atoms with Crippen LogP contribution < -0.4 is 28.6 Å². The SMILES string of the molecule is COc1ccc(CN(Cc2ccc(OC)cc2OC)c2ncc([C@@H]3C[C@H](OC(=O)Oc4ccc([N+](=O)[O-])cc4)CO3)cn2)c(OC)c1. The molecule has 1 aliphatic heterocycles. The second-order valence-electron chi connectivity index (χ2n) is 10.4. The lowest BCUT2D eigenvalue weighted by Gasteiger charge is -2.25. The normalized spacial score (nSPS) is 15.4. The van der Waals surface area contributed by atoms with E-state index in [1.165, 1.54) is 24.3 Å². The van der Waals surface area contributed by atoms with E-state index >= 15 is 0 Å². The van der Waals surface area contributed by atoms with Gasteiger partial charge in [-0.25, -0.2) is 14.8 Å². The quantitative estimate of drug-likeness (QED) is 0.0759. The van der Waals surface area contributed by atoms with E-state index < -0.39 is 23.3 Å². The second kappa shape index (κ2) is 15.1. The van der Waals surface area contributed by atoms with Crippen LogP contribution in [0.1, 0.15) is 29.2 Å². The minimum absolute atomic E-state index is 0.116. The van der Waals surface area contributed by atoms with Gasteiger partial charge >= 0.3 is 6.16 Å². The fourth-order valence-corrected chi connectivity index (χ4v) is 5.04. The summed E-state index contributed by atoms with van der Waals surface area (Å²) in [5.41, 5.74) is 2.39. The predicted molar refractivity (Wildman–Crippen MR) is 168 cm³/mol. The van der Waals surface area contributed by atoms with Gasteiger partial charge in [-0.2, -0.15) is 0 Å². The van der Waals surface area contributed by atoms with Crippen LogP contribution in [-0.4, -0.2) is 62.2 Å². The third-order valence-corrected chi connectivity index (χ3v) is 7.50. The van der Waals surface area contributed by atoms with E-state index in [1.54, 1.807) is 40.8 Å². The van der Waals surface area contributed by atoms with E-state index in [9.17, 15) is 14.9 Å². The minimum Gasteiger partial charge on any atom is -0.497 e. The average molecular weight is 647 g/mol. The standard InChI is InChI=1S/C33H34N4O10/c1-41-26-9-5-21(29(13-26)43-3)18-36(19-22-6-10-27(42-2)14-30(22)44-4)32-34-16-23(17-35-32)31-15-28(20-45-31)47-33(38)46-25-11-7-24(8-12-25)37(39)40/h5-14,16-17,28,31H,15,18-20H2,1-4H3/t28-,31-/m0/s1. The van der Waals surface area contributed by atoms with Crippen molar-refractivity contribution in [2.24, 2.45) is 0 Å². The van der Waals surface area contributed by atoms with Crippen molar-refractivity contribution < 1.29 is 42.9 Å². The lowest BCUT2D eigenvalue weighted by molar-refractivity contribution is -0.384. The number of methoxy groups -OCH3 is 4. The zero-order chi connectivity index (χ0) is 33.3. The van der Waals surface area contributed by atoms with Crippen LogP contribution in [-0.2, 0) is 22.6 Å². The number of non-ortho nitro benzene ring substituents is 1. The number of carbonyl (C=O) groups excluding carboxylic acids is 1. The lowest BCUT2D eigenvalue weighted by Crippen LogP contribution is -2.25. The molecule has 0 N–H and O–H groups in total. The Morgan fingerprint density at radius 1 is 0.851 bits per heavy atom. The summed E-state index contributed by atoms with van der Waals surface area (Å²) in [4.78, 5) is 34.0. The maximum Gasteiger partial charge on any atom is 0.514 e. The topological polar surface area (TPSA) is 154 Å². The van der Waals surface area contributed by atoms with E-state index in [0.717, 1.165) is 11.1 Å². The number of nitro groups is 1. The number of hydrogen-bond acceptors (Lipinski definition) is 13. The molecule has 0 aliphatic carbocycles. The van der Waals surface area contributed by atoms with Gasteiger partial charge in [0, 0.05) is 72.9 Å². The summed E-state index contributed by atoms with van der Waals surface area (Å²) in [7, 11) is 6.41. The number of hydrogen-bond donors (Lipinski definition) is 0. The number of benzene rings is 3. The summed E-state index contributed by atoms with van der Waals surface area (Å²) in [6, 6.07) is 16.4. The summed E-state index contributed by atoms with van der Waals surface area (Å²) in [5.74, 6) is 3.25. The number of aromatic nitrogens is 2. The van der Waals surface area contributed by atoms with Crippen molar-refractivity contribution in [1.29, 1.82) is 0 Å². The molecule has 5 rings (SSSR count). The van der Waals surface area contributed by atoms with Gasteiger partial charge in [-0.3, -0.25) is 10.1 Å². The van der Waals surface area contributed by atoms with Gasteiger partial charge in [-0.05, 0) is 36.4 Å². The zero-order valence-corrected chi connectivity index (χ0v) is 26.3. The average Bonchev–Trinajstić information content (AvgIpc) is 3.56. The van der Waals surface area contributed by atoms with Crippen molar-refractivity contribution in [3.8, 4) is 28.7 Å². The third kappa shape index (κ3) is 8.16. The third-order valence-electron chi connectivity index (χ3n) is 7.50. The first-order chi connectivity index (χ1) is 22.8. The molecule has 0 unspecified atom stereocenters. The van der Waals surface area contributed by atoms with Crippen molar-refractivity contribution in [2.75, 3.05) is 39.9 Å². The molecule has 1 aromatic heterocycles. The molecule has 4 aromatic rings. The van der Waals surface area contributed by atoms with Crippen LogP contribution >= 0.6 is 0 Å². The maximum atomic E-state index is 12.3. The summed E-state index contributed by atoms with van der Waals surface area (Å²) in [6.45, 7) is 0.977. The molecule has 0 saturated carbocycles. The molecular formula is C33H34N4O10. The van der Waals surface area contributed by atoms with Gasteiger partial charge in [0.15, 0.2) is 0 Å². The highest BCUT2D eigenvalue weighted by Gasteiger charge is 2.31. The van der Waals surface area contributed by atoms with Crippen molar-refractivity contribution >= 4 is 17.8 Å². The predicted octanol–water partition coefficient (Wildman–Crippen LogP) is 5.67. The Balaban J connectivity index is 1.29. The Morgan fingerprint density at radius 3 is 1.91 bits per heavy atom. The Morgan fingerprint density at radius 2 is 1.40 bits per heavy atom. The van der Waals surface area contributed by atoms with E-state index in [2.05, 4.69) is 9.97 Å². The number of carbonyl (C=O) groups is 1. The van der Waals surface area contributed by atoms with E-state index in [1.807, 2.05) is 41.3 Å². The fourth-order valence-electron chi connectivity index (χ4n) is 5.04. The van der Waals surface area contributed by atoms with E-state index in [0.29, 0.717) is 54.0 Å². The molecular weight excluding hydrogens is 612 g/mol. The van der Waals surface area contributed by atoms with Crippen LogP contribution in [0.25, 0.3) is 0 Å². The van der Waals surface area contributed by atoms with Crippen LogP contribution in [0.2, 0.25) is 0 Å². The van der Waals surface area contributed by atoms with Crippen LogP contribution in [0.4, 0.5) is 16.4 Å². The molecule has 47 heavy (non-hydrogen) atoms. The summed E-state index contributed by atoms with van der Waals surface area (Å²) in [6.07, 6.45) is 1.85. The van der Waals surface area contributed by atoms with Crippen LogP contribution in [0.5, 0.6) is 28.7 Å². The molecule has 0 bridgehead atoms. The van der Waals surface area contributed by atoms with Crippen LogP contribution in [0, 0.1) is 10.1 Å². The zero-order valence-electron chi connectivity index (χ0n) is 26.3. The molecule has 14 heteroatoms. The van der Waals surface area contributed by atoms with E-state index in [-0.39, 0.29) is 18.0 Å². The summed E-state index contributed by atoms with van der Waals surface area (Å²) in [5, 5.41) is 10.8. The molecule has 1 saturated heterocycles. The minimum atomic E-state index is -0.932. The molecule has 14 nitrogen and oxygen atoms in total. The maximum absolute atomic E-state index is 12.3. The van der Waals surface area contributed by atoms with Gasteiger partial charge in [-0.15, -0.1) is 0 Å². The van der Waals surface area contributed by atoms with Gasteiger partial charge in [0.25, 0.3) is 5.69 Å². The van der Waals surface area contributed by atoms with Gasteiger partial charge < -0.3 is 38.1 Å². The molecule has 0 radical (unpaired) electrons. The number of nitrogens with zero attached hydrogens (tertiary/aromatic N) is 4. The molecule has 1 aliphatic rings. The van der Waals surface area contributed by atoms with Gasteiger partial charge in [0.1, 0.15) is 34.9 Å². The first kappa shape index (κ1) is 32.8. The fraction of sp³-hybridized carbons (Fsp3) is 0.303. The second-order valence-corrected chi connectivity index (χ2v) is 10.4. The summed E-state index contributed by atoms with van der Waals surface area (Å²) >= 11 is 0. The molecule has 3 aromatic carbocycles. The first-order valence-electron chi connectivity index (χ1n) is 14.5. The monoisotopic (exact) mass is 646 g/mol. The van der Waals surface area contributed by atoms with Crippen molar-refractivity contribution in [2.45, 2.75) is 31.7 Å². The van der Waals surface area contributed by atoms with Crippen molar-refractivity contribution in [3.05, 3.63) is 99.9 Å². The van der Waals surface area contributed by atoms with Gasteiger partial charge in [-0.1, -0.05) is 0 Å². The molecule has 2 heterocycles. The Kier molecular flexibility index (Phi) is 10.5. The van der Waals surface area contributed by atoms with Crippen molar-refractivity contribution in [1.82, 2.24) is 9.97 Å². The van der Waals surface area contributed by atoms with E-state index in [4.69, 9.17) is 33.2 Å². The number of ether oxygens (including phenoxy) is 7. The highest BCUT2D eigenvalue weighted by molar-refractivity contribution is 5.64. The molecule has 246 valence electrons. The smallest absolute Gasteiger partial charge is 0.497 e. The van der Waals surface area contributed by atoms with Crippen molar-refractivity contribution in [3.63, 3.8) is 0 Å². The number of rotatable bonds is 13. The Bertz CT molecular complexity index is 1630. The van der Waals surface area contributed by atoms with Gasteiger partial charge in [0.2, 0.25) is 5.95 Å². The highest BCUT2D eigenvalue weighted by atomic mass is 16.7. The van der Waals surface area contributed by atoms with Gasteiger partial charge in [0.05, 0.1) is 46.1 Å². The highest BCUT2D eigenvalue weighted by Crippen LogP contribution is 2.33. The molecule has 0 amide bonds. The van der Waals surface area contributed by atoms with Crippen LogP contribution in [0.15, 0.2) is 73.1 Å². The lowest BCUT2D eigenvalue weighted by atomic mass is 10.1. The molecule has 2 atom stereocenters. The molecule has 1 fully saturated rings. The number of anilines is 1. The van der Waals surface area contributed by atoms with Crippen LogP contribution in [0.3, 0.4) is 0 Å². The first-order valence-corrected chi connectivity index (χ1v) is 14.5. The molecule has 0 spiro atoms. The Labute approximate surface area is 270 Å².